The summed E-state index contributed by atoms with van der Waals surface area (Å²) in [6.45, 7) is 2.11. The number of hydrogen-bond acceptors (Lipinski definition) is 6. The van der Waals surface area contributed by atoms with E-state index < -0.39 is 23.0 Å². The lowest BCUT2D eigenvalue weighted by atomic mass is 9.66. The minimum atomic E-state index is -0.997. The molecule has 3 fully saturated rings. The quantitative estimate of drug-likeness (QED) is 0.479. The van der Waals surface area contributed by atoms with Crippen molar-refractivity contribution in [2.75, 3.05) is 12.0 Å². The van der Waals surface area contributed by atoms with Crippen molar-refractivity contribution in [3.05, 3.63) is 75.7 Å². The molecule has 5 atom stereocenters. The number of imide groups is 1. The van der Waals surface area contributed by atoms with Crippen LogP contribution in [0.3, 0.4) is 0 Å². The third kappa shape index (κ3) is 3.24. The standard InChI is InChI=1S/C28H24ClN3O5/c1-27-21(36-2)13-28(37-27,11-12-31-15-17(29)8-10-22(31)33)24-23(27)25(34)32(26(24)35)20-9-7-16(14-30)18-5-3-4-6-19(18)20/h3-10,15,21,23-24H,11-13H2,1-2H3/t21-,23-,24+,27-,28+/m0/s1. The van der Waals surface area contributed by atoms with Gasteiger partial charge in [-0.25, -0.2) is 4.90 Å². The van der Waals surface area contributed by atoms with Crippen molar-refractivity contribution in [2.45, 2.75) is 43.6 Å². The van der Waals surface area contributed by atoms with Crippen molar-refractivity contribution in [1.29, 1.82) is 5.26 Å². The number of nitriles is 1. The second-order valence-electron chi connectivity index (χ2n) is 10.2. The minimum Gasteiger partial charge on any atom is -0.378 e. The smallest absolute Gasteiger partial charge is 0.250 e. The van der Waals surface area contributed by atoms with Gasteiger partial charge in [0, 0.05) is 43.1 Å². The number of halogens is 1. The molecular weight excluding hydrogens is 494 g/mol. The summed E-state index contributed by atoms with van der Waals surface area (Å²) in [5, 5.41) is 11.3. The fraction of sp³-hybridized carbons (Fsp3) is 0.357. The first-order chi connectivity index (χ1) is 17.7. The molecule has 0 N–H and O–H groups in total. The molecular formula is C28H24ClN3O5. The molecule has 2 amide bonds. The number of aromatic nitrogens is 1. The van der Waals surface area contributed by atoms with E-state index in [0.29, 0.717) is 39.9 Å². The van der Waals surface area contributed by atoms with Crippen LogP contribution in [0.15, 0.2) is 59.5 Å². The fourth-order valence-corrected chi connectivity index (χ4v) is 6.90. The highest BCUT2D eigenvalue weighted by molar-refractivity contribution is 6.30. The third-order valence-corrected chi connectivity index (χ3v) is 8.58. The van der Waals surface area contributed by atoms with Gasteiger partial charge in [0.25, 0.3) is 5.56 Å². The van der Waals surface area contributed by atoms with Gasteiger partial charge in [-0.15, -0.1) is 0 Å². The maximum absolute atomic E-state index is 14.1. The Bertz CT molecular complexity index is 1580. The van der Waals surface area contributed by atoms with Crippen LogP contribution in [0.5, 0.6) is 0 Å². The van der Waals surface area contributed by atoms with Crippen molar-refractivity contribution in [2.24, 2.45) is 11.8 Å². The Morgan fingerprint density at radius 2 is 1.81 bits per heavy atom. The highest BCUT2D eigenvalue weighted by atomic mass is 35.5. The van der Waals surface area contributed by atoms with Gasteiger partial charge in [0.05, 0.1) is 45.9 Å². The zero-order valence-corrected chi connectivity index (χ0v) is 21.1. The summed E-state index contributed by atoms with van der Waals surface area (Å²) >= 11 is 6.11. The molecule has 188 valence electrons. The Morgan fingerprint density at radius 3 is 2.54 bits per heavy atom. The summed E-state index contributed by atoms with van der Waals surface area (Å²) in [5.41, 5.74) is -1.26. The van der Waals surface area contributed by atoms with E-state index in [0.717, 1.165) is 0 Å². The number of anilines is 1. The predicted octanol–water partition coefficient (Wildman–Crippen LogP) is 3.67. The van der Waals surface area contributed by atoms with E-state index in [1.54, 1.807) is 25.4 Å². The molecule has 3 aliphatic rings. The molecule has 4 heterocycles. The Kier molecular flexibility index (Phi) is 5.32. The molecule has 0 radical (unpaired) electrons. The van der Waals surface area contributed by atoms with Gasteiger partial charge in [-0.2, -0.15) is 5.26 Å². The molecule has 0 unspecified atom stereocenters. The summed E-state index contributed by atoms with van der Waals surface area (Å²) in [4.78, 5) is 41.8. The molecule has 0 aliphatic carbocycles. The number of carbonyl (C=O) groups is 2. The molecule has 0 saturated carbocycles. The van der Waals surface area contributed by atoms with E-state index in [4.69, 9.17) is 21.1 Å². The number of rotatable bonds is 5. The normalized spacial score (nSPS) is 30.2. The molecule has 3 aliphatic heterocycles. The number of fused-ring (bicyclic) bond motifs is 6. The van der Waals surface area contributed by atoms with E-state index in [1.165, 1.54) is 21.6 Å². The first-order valence-electron chi connectivity index (χ1n) is 12.1. The van der Waals surface area contributed by atoms with Gasteiger partial charge in [0.1, 0.15) is 5.60 Å². The van der Waals surface area contributed by atoms with E-state index >= 15 is 0 Å². The van der Waals surface area contributed by atoms with Crippen molar-refractivity contribution in [3.8, 4) is 6.07 Å². The largest absolute Gasteiger partial charge is 0.378 e. The number of nitrogens with zero attached hydrogens (tertiary/aromatic N) is 3. The van der Waals surface area contributed by atoms with E-state index in [1.807, 2.05) is 31.2 Å². The van der Waals surface area contributed by atoms with E-state index in [9.17, 15) is 19.6 Å². The van der Waals surface area contributed by atoms with Gasteiger partial charge >= 0.3 is 0 Å². The van der Waals surface area contributed by atoms with Crippen molar-refractivity contribution in [3.63, 3.8) is 0 Å². The zero-order valence-electron chi connectivity index (χ0n) is 20.3. The number of aryl methyl sites for hydroxylation is 1. The maximum Gasteiger partial charge on any atom is 0.250 e. The third-order valence-electron chi connectivity index (χ3n) is 8.35. The lowest BCUT2D eigenvalue weighted by molar-refractivity contribution is -0.135. The number of hydrogen-bond donors (Lipinski definition) is 0. The summed E-state index contributed by atoms with van der Waals surface area (Å²) < 4.78 is 13.8. The van der Waals surface area contributed by atoms with Gasteiger partial charge in [-0.1, -0.05) is 35.9 Å². The second kappa shape index (κ2) is 8.25. The molecule has 9 heteroatoms. The summed E-state index contributed by atoms with van der Waals surface area (Å²) in [7, 11) is 1.58. The highest BCUT2D eigenvalue weighted by Gasteiger charge is 2.77. The lowest BCUT2D eigenvalue weighted by Gasteiger charge is -2.35. The molecule has 2 bridgehead atoms. The number of pyridine rings is 1. The first-order valence-corrected chi connectivity index (χ1v) is 12.5. The summed E-state index contributed by atoms with van der Waals surface area (Å²) in [5.74, 6) is -2.12. The fourth-order valence-electron chi connectivity index (χ4n) is 6.72. The Balaban J connectivity index is 1.43. The Hall–Kier alpha value is -3.51. The monoisotopic (exact) mass is 517 g/mol. The van der Waals surface area contributed by atoms with Gasteiger partial charge in [0.15, 0.2) is 0 Å². The van der Waals surface area contributed by atoms with Gasteiger partial charge < -0.3 is 14.0 Å². The molecule has 0 spiro atoms. The molecule has 2 aromatic carbocycles. The number of ether oxygens (including phenoxy) is 2. The van der Waals surface area contributed by atoms with Crippen molar-refractivity contribution < 1.29 is 19.1 Å². The van der Waals surface area contributed by atoms with Gasteiger partial charge in [0.2, 0.25) is 11.8 Å². The van der Waals surface area contributed by atoms with Crippen LogP contribution in [0.1, 0.15) is 25.3 Å². The van der Waals surface area contributed by atoms with E-state index in [-0.39, 0.29) is 30.0 Å². The number of carbonyl (C=O) groups excluding carboxylic acids is 2. The SMILES string of the molecule is CO[C@H]1C[C@@]2(CCn3cc(Cl)ccc3=O)O[C@]1(C)[C@@H]1C(=O)N(c3ccc(C#N)c4ccccc34)C(=O)[C@@H]12. The number of methoxy groups -OCH3 is 1. The van der Waals surface area contributed by atoms with E-state index in [2.05, 4.69) is 6.07 Å². The highest BCUT2D eigenvalue weighted by Crippen LogP contribution is 2.63. The van der Waals surface area contributed by atoms with Crippen LogP contribution in [0, 0.1) is 23.2 Å². The second-order valence-corrected chi connectivity index (χ2v) is 10.6. The lowest BCUT2D eigenvalue weighted by Crippen LogP contribution is -2.50. The maximum atomic E-state index is 14.1. The summed E-state index contributed by atoms with van der Waals surface area (Å²) in [6, 6.07) is 15.7. The topological polar surface area (TPSA) is 102 Å². The number of amides is 2. The molecule has 1 aromatic heterocycles. The Labute approximate surface area is 217 Å². The Morgan fingerprint density at radius 1 is 1.08 bits per heavy atom. The van der Waals surface area contributed by atoms with Gasteiger partial charge in [-0.05, 0) is 31.5 Å². The zero-order chi connectivity index (χ0) is 26.1. The molecule has 8 nitrogen and oxygen atoms in total. The number of benzene rings is 2. The average molecular weight is 518 g/mol. The average Bonchev–Trinajstić information content (AvgIpc) is 3.45. The van der Waals surface area contributed by atoms with Crippen molar-refractivity contribution in [1.82, 2.24) is 4.57 Å². The van der Waals surface area contributed by atoms with Crippen LogP contribution in [-0.2, 0) is 25.6 Å². The molecule has 6 rings (SSSR count). The van der Waals surface area contributed by atoms with Crippen LogP contribution in [0.25, 0.3) is 10.8 Å². The predicted molar refractivity (Wildman–Crippen MR) is 136 cm³/mol. The first kappa shape index (κ1) is 23.9. The van der Waals surface area contributed by atoms with Crippen molar-refractivity contribution >= 4 is 39.9 Å². The molecule has 3 saturated heterocycles. The summed E-state index contributed by atoms with van der Waals surface area (Å²) in [6.07, 6.45) is 1.94. The van der Waals surface area contributed by atoms with Crippen LogP contribution < -0.4 is 10.5 Å². The molecule has 3 aromatic rings. The van der Waals surface area contributed by atoms with Crippen LogP contribution >= 0.6 is 11.6 Å². The molecule has 37 heavy (non-hydrogen) atoms. The van der Waals surface area contributed by atoms with Crippen LogP contribution in [0.2, 0.25) is 5.02 Å². The minimum absolute atomic E-state index is 0.209. The van der Waals surface area contributed by atoms with Crippen LogP contribution in [0.4, 0.5) is 5.69 Å². The van der Waals surface area contributed by atoms with Gasteiger partial charge in [-0.3, -0.25) is 14.4 Å². The van der Waals surface area contributed by atoms with Crippen LogP contribution in [-0.4, -0.2) is 40.8 Å².